The minimum Gasteiger partial charge on any atom is -0.364 e. The van der Waals surface area contributed by atoms with Crippen molar-refractivity contribution in [2.75, 3.05) is 13.1 Å². The van der Waals surface area contributed by atoms with E-state index in [1.807, 2.05) is 6.92 Å². The highest BCUT2D eigenvalue weighted by atomic mass is 35.5. The summed E-state index contributed by atoms with van der Waals surface area (Å²) in [6, 6.07) is 5.41. The maximum absolute atomic E-state index is 13.1. The van der Waals surface area contributed by atoms with Gasteiger partial charge in [0.15, 0.2) is 11.0 Å². The Kier molecular flexibility index (Phi) is 5.97. The van der Waals surface area contributed by atoms with E-state index in [9.17, 15) is 17.6 Å². The number of primary amides is 1. The van der Waals surface area contributed by atoms with Crippen molar-refractivity contribution < 1.29 is 17.6 Å². The van der Waals surface area contributed by atoms with Crippen molar-refractivity contribution in [2.45, 2.75) is 24.2 Å². The summed E-state index contributed by atoms with van der Waals surface area (Å²) in [7, 11) is -3.78. The zero-order valence-electron chi connectivity index (χ0n) is 17.0. The molecule has 0 bridgehead atoms. The molecule has 9 nitrogen and oxygen atoms in total. The number of nitrogens with two attached hydrogens (primary N) is 1. The number of aromatic amines is 1. The van der Waals surface area contributed by atoms with Crippen LogP contribution in [0.2, 0.25) is 5.15 Å². The molecule has 1 amide bonds. The van der Waals surface area contributed by atoms with Gasteiger partial charge in [0.25, 0.3) is 5.91 Å². The van der Waals surface area contributed by atoms with Crippen LogP contribution in [0.15, 0.2) is 41.6 Å². The highest BCUT2D eigenvalue weighted by molar-refractivity contribution is 7.89. The Hall–Kier alpha value is -2.89. The van der Waals surface area contributed by atoms with Gasteiger partial charge >= 0.3 is 0 Å². The fraction of sp³-hybridized carbons (Fsp3) is 0.300. The first kappa shape index (κ1) is 22.3. The zero-order chi connectivity index (χ0) is 23.0. The lowest BCUT2D eigenvalue weighted by Crippen LogP contribution is -2.42. The number of hydrogen-bond acceptors (Lipinski definition) is 6. The number of rotatable bonds is 5. The first-order chi connectivity index (χ1) is 15.2. The Balaban J connectivity index is 1.52. The summed E-state index contributed by atoms with van der Waals surface area (Å²) in [5, 5.41) is 0.283. The number of aromatic nitrogens is 4. The van der Waals surface area contributed by atoms with Gasteiger partial charge < -0.3 is 10.7 Å². The van der Waals surface area contributed by atoms with Crippen LogP contribution in [0.4, 0.5) is 4.39 Å². The van der Waals surface area contributed by atoms with E-state index in [4.69, 9.17) is 17.3 Å². The number of hydrogen-bond donors (Lipinski definition) is 2. The molecule has 1 aliphatic heterocycles. The average molecular weight is 479 g/mol. The lowest BCUT2D eigenvalue weighted by atomic mass is 9.86. The third-order valence-electron chi connectivity index (χ3n) is 5.52. The number of carbonyl (C=O) groups excluding carboxylic acids is 1. The highest BCUT2D eigenvalue weighted by Gasteiger charge is 2.36. The highest BCUT2D eigenvalue weighted by Crippen LogP contribution is 2.37. The molecule has 3 aromatic rings. The lowest BCUT2D eigenvalue weighted by Gasteiger charge is -2.35. The summed E-state index contributed by atoms with van der Waals surface area (Å²) in [5.74, 6) is -0.870. The third kappa shape index (κ3) is 4.23. The molecule has 12 heteroatoms. The molecule has 0 spiro atoms. The molecular formula is C20H20ClFN6O3S. The molecule has 3 aromatic heterocycles. The molecule has 3 N–H and O–H groups in total. The standard InChI is InChI=1S/C20H20ClFN6O3S/c1-11-10-28(32(30,31)13-3-5-15(19(23)29)25-9-13)7-6-14(11)17-18(21)27-20(26-17)16-4-2-12(22)8-24-16/h2-5,8-9,11,14H,6-7,10H2,1H3,(H2,23,29)(H,26,27)/t11-,14+/m0/s1. The first-order valence-corrected chi connectivity index (χ1v) is 11.6. The topological polar surface area (TPSA) is 135 Å². The van der Waals surface area contributed by atoms with Gasteiger partial charge in [-0.3, -0.25) is 4.79 Å². The van der Waals surface area contributed by atoms with E-state index < -0.39 is 21.7 Å². The molecule has 0 radical (unpaired) electrons. The average Bonchev–Trinajstić information content (AvgIpc) is 3.15. The number of imidazole rings is 1. The van der Waals surface area contributed by atoms with Gasteiger partial charge in [0, 0.05) is 25.2 Å². The molecular weight excluding hydrogens is 459 g/mol. The van der Waals surface area contributed by atoms with Gasteiger partial charge in [-0.1, -0.05) is 18.5 Å². The lowest BCUT2D eigenvalue weighted by molar-refractivity contribution is 0.0995. The largest absolute Gasteiger partial charge is 0.364 e. The van der Waals surface area contributed by atoms with E-state index in [2.05, 4.69) is 19.9 Å². The zero-order valence-corrected chi connectivity index (χ0v) is 18.6. The fourth-order valence-electron chi connectivity index (χ4n) is 3.83. The molecule has 1 fully saturated rings. The maximum Gasteiger partial charge on any atom is 0.267 e. The quantitative estimate of drug-likeness (QED) is 0.578. The Labute approximate surface area is 188 Å². The normalized spacial score (nSPS) is 19.7. The summed E-state index contributed by atoms with van der Waals surface area (Å²) >= 11 is 6.37. The van der Waals surface area contributed by atoms with E-state index in [1.54, 1.807) is 0 Å². The van der Waals surface area contributed by atoms with E-state index in [0.29, 0.717) is 23.6 Å². The van der Waals surface area contributed by atoms with Crippen LogP contribution in [0.3, 0.4) is 0 Å². The predicted molar refractivity (Wildman–Crippen MR) is 115 cm³/mol. The van der Waals surface area contributed by atoms with Crippen molar-refractivity contribution in [2.24, 2.45) is 11.7 Å². The molecule has 1 saturated heterocycles. The van der Waals surface area contributed by atoms with Crippen LogP contribution in [0, 0.1) is 11.7 Å². The number of sulfonamides is 1. The number of H-pyrrole nitrogens is 1. The van der Waals surface area contributed by atoms with Crippen molar-refractivity contribution in [1.29, 1.82) is 0 Å². The Morgan fingerprint density at radius 3 is 2.62 bits per heavy atom. The fourth-order valence-corrected chi connectivity index (χ4v) is 5.60. The van der Waals surface area contributed by atoms with Gasteiger partial charge in [-0.05, 0) is 36.6 Å². The second-order valence-corrected chi connectivity index (χ2v) is 9.93. The van der Waals surface area contributed by atoms with Crippen molar-refractivity contribution in [3.8, 4) is 11.5 Å². The number of nitrogens with one attached hydrogen (secondary N) is 1. The van der Waals surface area contributed by atoms with E-state index in [-0.39, 0.29) is 40.7 Å². The molecule has 0 unspecified atom stereocenters. The number of carbonyl (C=O) groups is 1. The minimum absolute atomic E-state index is 0.00241. The summed E-state index contributed by atoms with van der Waals surface area (Å²) in [5.41, 5.74) is 6.31. The molecule has 1 aliphatic rings. The van der Waals surface area contributed by atoms with Crippen LogP contribution in [0.25, 0.3) is 11.5 Å². The molecule has 4 heterocycles. The van der Waals surface area contributed by atoms with Gasteiger partial charge in [-0.25, -0.2) is 27.8 Å². The van der Waals surface area contributed by atoms with E-state index in [1.165, 1.54) is 28.6 Å². The summed E-state index contributed by atoms with van der Waals surface area (Å²) in [6.45, 7) is 2.48. The van der Waals surface area contributed by atoms with Gasteiger partial charge in [0.05, 0.1) is 11.9 Å². The molecule has 4 rings (SSSR count). The summed E-state index contributed by atoms with van der Waals surface area (Å²) in [6.07, 6.45) is 2.76. The number of amides is 1. The Morgan fingerprint density at radius 2 is 2.03 bits per heavy atom. The molecule has 168 valence electrons. The van der Waals surface area contributed by atoms with Crippen LogP contribution in [-0.4, -0.2) is 51.7 Å². The summed E-state index contributed by atoms with van der Waals surface area (Å²) in [4.78, 5) is 26.5. The number of piperidine rings is 1. The first-order valence-electron chi connectivity index (χ1n) is 9.80. The second-order valence-electron chi connectivity index (χ2n) is 7.63. The number of halogens is 2. The molecule has 2 atom stereocenters. The summed E-state index contributed by atoms with van der Waals surface area (Å²) < 4.78 is 40.6. The Bertz CT molecular complexity index is 1250. The van der Waals surface area contributed by atoms with E-state index >= 15 is 0 Å². The monoisotopic (exact) mass is 478 g/mol. The molecule has 0 saturated carbocycles. The van der Waals surface area contributed by atoms with Gasteiger partial charge in [-0.2, -0.15) is 4.31 Å². The second kappa shape index (κ2) is 8.57. The van der Waals surface area contributed by atoms with Gasteiger partial charge in [-0.15, -0.1) is 0 Å². The van der Waals surface area contributed by atoms with Crippen LogP contribution >= 0.6 is 11.6 Å². The van der Waals surface area contributed by atoms with Crippen LogP contribution in [-0.2, 0) is 10.0 Å². The van der Waals surface area contributed by atoms with Crippen LogP contribution in [0.1, 0.15) is 35.4 Å². The SMILES string of the molecule is C[C@H]1CN(S(=O)(=O)c2ccc(C(N)=O)nc2)CC[C@H]1c1[nH]c(-c2ccc(F)cn2)nc1Cl. The van der Waals surface area contributed by atoms with Gasteiger partial charge in [0.2, 0.25) is 10.0 Å². The molecule has 0 aromatic carbocycles. The molecule has 32 heavy (non-hydrogen) atoms. The number of nitrogens with zero attached hydrogens (tertiary/aromatic N) is 4. The van der Waals surface area contributed by atoms with Crippen molar-refractivity contribution in [3.05, 3.63) is 59.0 Å². The smallest absolute Gasteiger partial charge is 0.267 e. The van der Waals surface area contributed by atoms with E-state index in [0.717, 1.165) is 12.4 Å². The van der Waals surface area contributed by atoms with Crippen molar-refractivity contribution in [3.63, 3.8) is 0 Å². The number of pyridine rings is 2. The van der Waals surface area contributed by atoms with Gasteiger partial charge in [0.1, 0.15) is 22.1 Å². The van der Waals surface area contributed by atoms with Crippen molar-refractivity contribution in [1.82, 2.24) is 24.2 Å². The predicted octanol–water partition coefficient (Wildman–Crippen LogP) is 2.57. The minimum atomic E-state index is -3.78. The van der Waals surface area contributed by atoms with Crippen LogP contribution < -0.4 is 5.73 Å². The molecule has 0 aliphatic carbocycles. The van der Waals surface area contributed by atoms with Crippen molar-refractivity contribution >= 4 is 27.5 Å². The van der Waals surface area contributed by atoms with Crippen LogP contribution in [0.5, 0.6) is 0 Å². The third-order valence-corrected chi connectivity index (χ3v) is 7.66. The Morgan fingerprint density at radius 1 is 1.25 bits per heavy atom. The maximum atomic E-state index is 13.1.